The second-order valence-electron chi connectivity index (χ2n) is 9.59. The maximum atomic E-state index is 12.0. The molecular weight excluding hydrogens is 568 g/mol. The van der Waals surface area contributed by atoms with Gasteiger partial charge in [0.1, 0.15) is 12.4 Å². The third-order valence-corrected chi connectivity index (χ3v) is 7.78. The molecule has 2 unspecified atom stereocenters. The fourth-order valence-electron chi connectivity index (χ4n) is 4.66. The first-order chi connectivity index (χ1) is 19.5. The van der Waals surface area contributed by atoms with E-state index in [0.29, 0.717) is 18.3 Å². The zero-order valence-corrected chi connectivity index (χ0v) is 24.3. The van der Waals surface area contributed by atoms with E-state index < -0.39 is 11.9 Å². The molecule has 0 amide bonds. The molecule has 2 atom stereocenters. The van der Waals surface area contributed by atoms with E-state index in [1.54, 1.807) is 12.1 Å². The van der Waals surface area contributed by atoms with Crippen molar-refractivity contribution in [3.63, 3.8) is 0 Å². The van der Waals surface area contributed by atoms with Crippen LogP contribution in [0.25, 0.3) is 0 Å². The normalized spacial score (nSPS) is 12.3. The van der Waals surface area contributed by atoms with Gasteiger partial charge in [-0.05, 0) is 65.6 Å². The van der Waals surface area contributed by atoms with Gasteiger partial charge in [0.15, 0.2) is 0 Å². The van der Waals surface area contributed by atoms with E-state index in [4.69, 9.17) is 14.2 Å². The summed E-state index contributed by atoms with van der Waals surface area (Å²) >= 11 is 3.92. The predicted molar refractivity (Wildman–Crippen MR) is 160 cm³/mol. The van der Waals surface area contributed by atoms with Gasteiger partial charge in [-0.1, -0.05) is 101 Å². The molecule has 4 aromatic carbocycles. The van der Waals surface area contributed by atoms with Crippen molar-refractivity contribution in [2.75, 3.05) is 14.2 Å². The highest BCUT2D eigenvalue weighted by Gasteiger charge is 2.18. The van der Waals surface area contributed by atoms with Crippen LogP contribution in [0, 0.1) is 0 Å². The lowest BCUT2D eigenvalue weighted by Gasteiger charge is -2.21. The number of esters is 2. The Labute approximate surface area is 244 Å². The summed E-state index contributed by atoms with van der Waals surface area (Å²) in [7, 11) is 2.58. The van der Waals surface area contributed by atoms with Crippen LogP contribution in [-0.4, -0.2) is 26.2 Å². The Morgan fingerprint density at radius 1 is 0.700 bits per heavy atom. The molecule has 40 heavy (non-hydrogen) atoms. The number of aryl methyl sites for hydroxylation is 1. The van der Waals surface area contributed by atoms with E-state index in [1.807, 2.05) is 6.07 Å². The Morgan fingerprint density at radius 3 is 1.77 bits per heavy atom. The zero-order valence-electron chi connectivity index (χ0n) is 22.7. The minimum Gasteiger partial charge on any atom is -0.489 e. The van der Waals surface area contributed by atoms with Gasteiger partial charge in [0.2, 0.25) is 0 Å². The highest BCUT2D eigenvalue weighted by atomic mass is 79.9. The summed E-state index contributed by atoms with van der Waals surface area (Å²) in [5.74, 6) is -0.298. The van der Waals surface area contributed by atoms with Gasteiger partial charge < -0.3 is 14.2 Å². The van der Waals surface area contributed by atoms with Crippen molar-refractivity contribution in [1.82, 2.24) is 0 Å². The van der Waals surface area contributed by atoms with Gasteiger partial charge in [0.25, 0.3) is 0 Å². The Morgan fingerprint density at radius 2 is 1.23 bits per heavy atom. The van der Waals surface area contributed by atoms with Crippen molar-refractivity contribution in [3.05, 3.63) is 137 Å². The summed E-state index contributed by atoms with van der Waals surface area (Å²) in [6.07, 6.45) is 3.00. The largest absolute Gasteiger partial charge is 0.489 e. The average molecular weight is 602 g/mol. The number of hydrogen-bond donors (Lipinski definition) is 0. The number of benzene rings is 4. The van der Waals surface area contributed by atoms with Crippen molar-refractivity contribution < 1.29 is 23.8 Å². The van der Waals surface area contributed by atoms with Crippen LogP contribution in [0.15, 0.2) is 103 Å². The molecule has 0 aromatic heterocycles. The van der Waals surface area contributed by atoms with Crippen LogP contribution >= 0.6 is 15.9 Å². The minimum absolute atomic E-state index is 0.224. The summed E-state index contributed by atoms with van der Waals surface area (Å²) in [5.41, 5.74) is 5.34. The molecule has 0 saturated heterocycles. The number of hydrogen-bond acceptors (Lipinski definition) is 5. The number of carbonyl (C=O) groups is 2. The SMILES string of the molecule is COC(=O)c1cc(OCc2ccc(CCC(CC(Br)c3ccccc3)c3ccccc3)cc2)cc(C(=O)OC)c1. The molecule has 4 rings (SSSR count). The minimum atomic E-state index is -0.552. The molecule has 206 valence electrons. The third-order valence-electron chi connectivity index (χ3n) is 6.88. The van der Waals surface area contributed by atoms with Crippen molar-refractivity contribution in [2.45, 2.75) is 36.6 Å². The molecule has 0 N–H and O–H groups in total. The molecule has 0 aliphatic rings. The van der Waals surface area contributed by atoms with Crippen molar-refractivity contribution in [2.24, 2.45) is 0 Å². The summed E-state index contributed by atoms with van der Waals surface area (Å²) in [5, 5.41) is 0. The lowest BCUT2D eigenvalue weighted by Crippen LogP contribution is -2.08. The van der Waals surface area contributed by atoms with Gasteiger partial charge in [0.05, 0.1) is 25.3 Å². The Balaban J connectivity index is 1.39. The van der Waals surface area contributed by atoms with Gasteiger partial charge >= 0.3 is 11.9 Å². The second-order valence-corrected chi connectivity index (χ2v) is 10.7. The zero-order chi connectivity index (χ0) is 28.3. The monoisotopic (exact) mass is 600 g/mol. The Hall–Kier alpha value is -3.90. The van der Waals surface area contributed by atoms with E-state index >= 15 is 0 Å². The van der Waals surface area contributed by atoms with E-state index in [-0.39, 0.29) is 16.0 Å². The van der Waals surface area contributed by atoms with Gasteiger partial charge in [-0.15, -0.1) is 0 Å². The van der Waals surface area contributed by atoms with Crippen LogP contribution in [-0.2, 0) is 22.5 Å². The van der Waals surface area contributed by atoms with Crippen LogP contribution in [0.4, 0.5) is 0 Å². The molecule has 0 aliphatic carbocycles. The van der Waals surface area contributed by atoms with Crippen molar-refractivity contribution in [1.29, 1.82) is 0 Å². The third kappa shape index (κ3) is 8.06. The first-order valence-corrected chi connectivity index (χ1v) is 14.1. The number of methoxy groups -OCH3 is 2. The summed E-state index contributed by atoms with van der Waals surface area (Å²) in [6.45, 7) is 0.292. The lowest BCUT2D eigenvalue weighted by molar-refractivity contribution is 0.0598. The number of halogens is 1. The van der Waals surface area contributed by atoms with Crippen LogP contribution in [0.3, 0.4) is 0 Å². The van der Waals surface area contributed by atoms with E-state index in [1.165, 1.54) is 37.0 Å². The summed E-state index contributed by atoms with van der Waals surface area (Å²) in [6, 6.07) is 34.2. The fourth-order valence-corrected chi connectivity index (χ4v) is 5.41. The average Bonchev–Trinajstić information content (AvgIpc) is 3.02. The second kappa shape index (κ2) is 14.5. The van der Waals surface area contributed by atoms with Crippen LogP contribution in [0.5, 0.6) is 5.75 Å². The molecule has 0 heterocycles. The van der Waals surface area contributed by atoms with Crippen LogP contribution in [0.1, 0.15) is 66.6 Å². The van der Waals surface area contributed by atoms with Crippen LogP contribution < -0.4 is 4.74 Å². The first-order valence-electron chi connectivity index (χ1n) is 13.2. The van der Waals surface area contributed by atoms with E-state index in [0.717, 1.165) is 24.8 Å². The first kappa shape index (κ1) is 29.1. The molecule has 6 heteroatoms. The number of alkyl halides is 1. The number of carbonyl (C=O) groups excluding carboxylic acids is 2. The Kier molecular flexibility index (Phi) is 10.5. The highest BCUT2D eigenvalue weighted by Crippen LogP contribution is 2.36. The molecule has 0 spiro atoms. The molecule has 0 saturated carbocycles. The van der Waals surface area contributed by atoms with E-state index in [9.17, 15) is 9.59 Å². The maximum Gasteiger partial charge on any atom is 0.338 e. The standard InChI is InChI=1S/C34H33BrO5/c1-38-33(36)29-19-30(34(37)39-2)21-31(20-29)40-23-25-15-13-24(14-16-25)17-18-28(26-9-5-3-6-10-26)22-32(35)27-11-7-4-8-12-27/h3-16,19-21,28,32H,17-18,22-23H2,1-2H3. The van der Waals surface area contributed by atoms with Gasteiger partial charge in [-0.2, -0.15) is 0 Å². The number of ether oxygens (including phenoxy) is 3. The molecule has 0 radical (unpaired) electrons. The quantitative estimate of drug-likeness (QED) is 0.121. The van der Waals surface area contributed by atoms with Crippen molar-refractivity contribution in [3.8, 4) is 5.75 Å². The van der Waals surface area contributed by atoms with Gasteiger partial charge in [-0.3, -0.25) is 0 Å². The highest BCUT2D eigenvalue weighted by molar-refractivity contribution is 9.09. The maximum absolute atomic E-state index is 12.0. The lowest BCUT2D eigenvalue weighted by atomic mass is 9.87. The van der Waals surface area contributed by atoms with Crippen LogP contribution in [0.2, 0.25) is 0 Å². The summed E-state index contributed by atoms with van der Waals surface area (Å²) in [4.78, 5) is 24.4. The number of rotatable bonds is 12. The molecule has 4 aromatic rings. The Bertz CT molecular complexity index is 1350. The molecule has 0 aliphatic heterocycles. The fraction of sp³-hybridized carbons (Fsp3) is 0.235. The molecular formula is C34H33BrO5. The molecule has 0 bridgehead atoms. The topological polar surface area (TPSA) is 61.8 Å². The summed E-state index contributed by atoms with van der Waals surface area (Å²) < 4.78 is 15.5. The molecule has 5 nitrogen and oxygen atoms in total. The van der Waals surface area contributed by atoms with Crippen molar-refractivity contribution >= 4 is 27.9 Å². The van der Waals surface area contributed by atoms with Gasteiger partial charge in [0, 0.05) is 4.83 Å². The van der Waals surface area contributed by atoms with Gasteiger partial charge in [-0.25, -0.2) is 9.59 Å². The predicted octanol–water partition coefficient (Wildman–Crippen LogP) is 8.08. The van der Waals surface area contributed by atoms with E-state index in [2.05, 4.69) is 94.8 Å². The smallest absolute Gasteiger partial charge is 0.338 e. The molecule has 0 fully saturated rings.